The number of nitrogens with one attached hydrogen (secondary N) is 1. The molecule has 4 saturated heterocycles. The maximum absolute atomic E-state index is 15.9. The highest BCUT2D eigenvalue weighted by molar-refractivity contribution is 6.03. The SMILES string of the molecule is C=Cc1cc2c(N3CC4CCC(C3)N4)nc(OC[C@@]34CCCN3C[C@H](F)C4)nc2c(OC(F)F)c1-c1c(F)c(N)cc(C)c1C(F)(F)F. The van der Waals surface area contributed by atoms with E-state index in [0.29, 0.717) is 26.1 Å². The molecule has 3 aromatic rings. The fourth-order valence-corrected chi connectivity index (χ4v) is 8.19. The fourth-order valence-electron chi connectivity index (χ4n) is 8.19. The average Bonchev–Trinajstić information content (AvgIpc) is 3.66. The molecule has 5 heterocycles. The molecular formula is C33H35F7N6O2. The number of hydrogen-bond acceptors (Lipinski definition) is 8. The van der Waals surface area contributed by atoms with Crippen molar-refractivity contribution >= 4 is 28.5 Å². The summed E-state index contributed by atoms with van der Waals surface area (Å²) in [7, 11) is 0. The van der Waals surface area contributed by atoms with E-state index in [1.54, 1.807) is 0 Å². The quantitative estimate of drug-likeness (QED) is 0.207. The van der Waals surface area contributed by atoms with E-state index in [-0.39, 0.29) is 60.0 Å². The van der Waals surface area contributed by atoms with Gasteiger partial charge >= 0.3 is 18.8 Å². The second-order valence-electron chi connectivity index (χ2n) is 13.2. The van der Waals surface area contributed by atoms with E-state index in [0.717, 1.165) is 38.3 Å². The lowest BCUT2D eigenvalue weighted by molar-refractivity contribution is -0.137. The van der Waals surface area contributed by atoms with Gasteiger partial charge in [0.15, 0.2) is 11.6 Å². The fraction of sp³-hybridized carbons (Fsp3) is 0.515. The second kappa shape index (κ2) is 11.9. The molecule has 4 atom stereocenters. The number of nitrogens with two attached hydrogens (primary N) is 1. The van der Waals surface area contributed by atoms with Crippen LogP contribution in [0.1, 0.15) is 48.8 Å². The van der Waals surface area contributed by atoms with Crippen LogP contribution in [0.3, 0.4) is 0 Å². The van der Waals surface area contributed by atoms with Crippen LogP contribution in [0.4, 0.5) is 42.2 Å². The molecule has 2 unspecified atom stereocenters. The number of alkyl halides is 6. The predicted molar refractivity (Wildman–Crippen MR) is 167 cm³/mol. The second-order valence-corrected chi connectivity index (χ2v) is 13.2. The van der Waals surface area contributed by atoms with Gasteiger partial charge in [0, 0.05) is 54.7 Å². The molecule has 1 aromatic heterocycles. The van der Waals surface area contributed by atoms with Crippen LogP contribution in [0.25, 0.3) is 28.1 Å². The Hall–Kier alpha value is -3.85. The lowest BCUT2D eigenvalue weighted by Gasteiger charge is -2.35. The summed E-state index contributed by atoms with van der Waals surface area (Å²) in [4.78, 5) is 13.1. The summed E-state index contributed by atoms with van der Waals surface area (Å²) in [6.45, 7) is 3.26. The number of rotatable bonds is 8. The van der Waals surface area contributed by atoms with E-state index < -0.39 is 64.0 Å². The molecule has 4 fully saturated rings. The van der Waals surface area contributed by atoms with Crippen LogP contribution in [0.15, 0.2) is 18.7 Å². The first-order chi connectivity index (χ1) is 22.8. The van der Waals surface area contributed by atoms with E-state index in [1.165, 1.54) is 6.07 Å². The van der Waals surface area contributed by atoms with Crippen molar-refractivity contribution in [1.82, 2.24) is 20.2 Å². The normalized spacial score (nSPS) is 25.7. The zero-order valence-corrected chi connectivity index (χ0v) is 26.1. The molecule has 0 spiro atoms. The minimum Gasteiger partial charge on any atom is -0.461 e. The minimum absolute atomic E-state index is 0.00900. The molecule has 258 valence electrons. The van der Waals surface area contributed by atoms with Gasteiger partial charge in [0.05, 0.1) is 16.8 Å². The lowest BCUT2D eigenvalue weighted by Crippen LogP contribution is -2.51. The van der Waals surface area contributed by atoms with E-state index in [4.69, 9.17) is 20.2 Å². The number of ether oxygens (including phenoxy) is 2. The third-order valence-corrected chi connectivity index (χ3v) is 10.1. The van der Waals surface area contributed by atoms with Gasteiger partial charge in [0.1, 0.15) is 24.1 Å². The zero-order chi connectivity index (χ0) is 34.1. The summed E-state index contributed by atoms with van der Waals surface area (Å²) < 4.78 is 114. The molecule has 4 aliphatic rings. The van der Waals surface area contributed by atoms with Gasteiger partial charge in [0.2, 0.25) is 0 Å². The smallest absolute Gasteiger partial charge is 0.417 e. The Morgan fingerprint density at radius 3 is 2.54 bits per heavy atom. The number of benzene rings is 2. The number of nitrogen functional groups attached to an aromatic ring is 1. The number of halogens is 7. The standard InChI is InChI=1S/C33H35F7N6O2/c1-3-17-10-21-27(28(48-30(36)37)23(17)24-25(33(38,39)40)16(2)9-22(41)26(24)35)43-31(44-29(21)45-13-19-5-6-20(14-45)42-19)47-15-32-7-4-8-46(32)12-18(34)11-32/h3,9-10,18-20,30,42H,1,4-8,11-15,41H2,2H3/t18-,19?,20?,32+/m1/s1. The van der Waals surface area contributed by atoms with Crippen molar-refractivity contribution in [2.45, 2.75) is 75.6 Å². The summed E-state index contributed by atoms with van der Waals surface area (Å²) in [6.07, 6.45) is -1.41. The average molecular weight is 681 g/mol. The highest BCUT2D eigenvalue weighted by Gasteiger charge is 2.49. The van der Waals surface area contributed by atoms with Crippen LogP contribution in [-0.4, -0.2) is 78.1 Å². The monoisotopic (exact) mass is 680 g/mol. The van der Waals surface area contributed by atoms with Crippen molar-refractivity contribution in [2.75, 3.05) is 43.4 Å². The maximum Gasteiger partial charge on any atom is 0.417 e. The van der Waals surface area contributed by atoms with Gasteiger partial charge in [-0.1, -0.05) is 12.7 Å². The van der Waals surface area contributed by atoms with Crippen LogP contribution >= 0.6 is 0 Å². The Morgan fingerprint density at radius 2 is 1.88 bits per heavy atom. The van der Waals surface area contributed by atoms with Crippen molar-refractivity contribution in [2.24, 2.45) is 0 Å². The van der Waals surface area contributed by atoms with Crippen molar-refractivity contribution in [1.29, 1.82) is 0 Å². The van der Waals surface area contributed by atoms with Gasteiger partial charge in [-0.2, -0.15) is 31.9 Å². The van der Waals surface area contributed by atoms with Crippen molar-refractivity contribution in [3.63, 3.8) is 0 Å². The van der Waals surface area contributed by atoms with Crippen LogP contribution < -0.4 is 25.4 Å². The molecule has 2 aromatic carbocycles. The van der Waals surface area contributed by atoms with Gasteiger partial charge < -0.3 is 25.4 Å². The van der Waals surface area contributed by atoms with Crippen molar-refractivity contribution in [3.05, 3.63) is 41.2 Å². The number of anilines is 2. The Labute approximate surface area is 272 Å². The van der Waals surface area contributed by atoms with Crippen LogP contribution in [0, 0.1) is 12.7 Å². The Kier molecular flexibility index (Phi) is 8.13. The first-order valence-electron chi connectivity index (χ1n) is 15.9. The Bertz CT molecular complexity index is 1760. The zero-order valence-electron chi connectivity index (χ0n) is 26.1. The third-order valence-electron chi connectivity index (χ3n) is 10.1. The Morgan fingerprint density at radius 1 is 1.15 bits per heavy atom. The molecule has 2 bridgehead atoms. The molecule has 0 radical (unpaired) electrons. The number of hydrogen-bond donors (Lipinski definition) is 2. The predicted octanol–water partition coefficient (Wildman–Crippen LogP) is 6.49. The van der Waals surface area contributed by atoms with Crippen molar-refractivity contribution in [3.8, 4) is 22.9 Å². The van der Waals surface area contributed by atoms with Gasteiger partial charge in [-0.05, 0) is 62.4 Å². The van der Waals surface area contributed by atoms with Crippen LogP contribution in [0.2, 0.25) is 0 Å². The molecular weight excluding hydrogens is 645 g/mol. The lowest BCUT2D eigenvalue weighted by atomic mass is 9.89. The highest BCUT2D eigenvalue weighted by atomic mass is 19.4. The molecule has 0 aliphatic carbocycles. The topological polar surface area (TPSA) is 88.8 Å². The molecule has 0 saturated carbocycles. The molecule has 8 nitrogen and oxygen atoms in total. The number of fused-ring (bicyclic) bond motifs is 4. The van der Waals surface area contributed by atoms with E-state index in [9.17, 15) is 26.3 Å². The highest BCUT2D eigenvalue weighted by Crippen LogP contribution is 2.50. The van der Waals surface area contributed by atoms with Gasteiger partial charge in [0.25, 0.3) is 0 Å². The molecule has 3 N–H and O–H groups in total. The van der Waals surface area contributed by atoms with Gasteiger partial charge in [-0.3, -0.25) is 4.90 Å². The summed E-state index contributed by atoms with van der Waals surface area (Å²) in [5, 5.41) is 3.69. The van der Waals surface area contributed by atoms with E-state index in [1.807, 2.05) is 9.80 Å². The van der Waals surface area contributed by atoms with Crippen LogP contribution in [-0.2, 0) is 6.18 Å². The molecule has 15 heteroatoms. The molecule has 0 amide bonds. The first kappa shape index (κ1) is 32.7. The van der Waals surface area contributed by atoms with E-state index >= 15 is 4.39 Å². The minimum atomic E-state index is -5.10. The van der Waals surface area contributed by atoms with E-state index in [2.05, 4.69) is 16.9 Å². The number of aromatic nitrogens is 2. The molecule has 48 heavy (non-hydrogen) atoms. The largest absolute Gasteiger partial charge is 0.461 e. The Balaban J connectivity index is 1.48. The first-order valence-corrected chi connectivity index (χ1v) is 15.9. The summed E-state index contributed by atoms with van der Waals surface area (Å²) in [5.41, 5.74) is 0.666. The third kappa shape index (κ3) is 5.57. The molecule has 4 aliphatic heterocycles. The van der Waals surface area contributed by atoms with Crippen molar-refractivity contribution < 1.29 is 40.2 Å². The number of aryl methyl sites for hydroxylation is 1. The summed E-state index contributed by atoms with van der Waals surface area (Å²) >= 11 is 0. The van der Waals surface area contributed by atoms with Gasteiger partial charge in [-0.25, -0.2) is 8.78 Å². The number of nitrogens with zero attached hydrogens (tertiary/aromatic N) is 4. The summed E-state index contributed by atoms with van der Waals surface area (Å²) in [6, 6.07) is 2.24. The summed E-state index contributed by atoms with van der Waals surface area (Å²) in [5.74, 6) is -1.97. The maximum atomic E-state index is 15.9. The van der Waals surface area contributed by atoms with Gasteiger partial charge in [-0.15, -0.1) is 0 Å². The number of piperazine rings is 1. The molecule has 7 rings (SSSR count). The van der Waals surface area contributed by atoms with Crippen LogP contribution in [0.5, 0.6) is 11.8 Å².